The molecule has 173 valence electrons. The van der Waals surface area contributed by atoms with E-state index in [1.165, 1.54) is 18.5 Å². The van der Waals surface area contributed by atoms with E-state index >= 15 is 0 Å². The zero-order valence-corrected chi connectivity index (χ0v) is 21.9. The minimum atomic E-state index is -3.97. The third-order valence-electron chi connectivity index (χ3n) is 5.43. The van der Waals surface area contributed by atoms with E-state index in [-0.39, 0.29) is 50.0 Å². The largest absolute Gasteiger partial charge is 0.433 e. The molecule has 33 heavy (non-hydrogen) atoms. The third-order valence-corrected chi connectivity index (χ3v) is 6.73. The van der Waals surface area contributed by atoms with Crippen LogP contribution in [0.4, 0.5) is 5.82 Å². The average Bonchev–Trinajstić information content (AvgIpc) is 3.38. The summed E-state index contributed by atoms with van der Waals surface area (Å²) >= 11 is 0. The van der Waals surface area contributed by atoms with Gasteiger partial charge in [0.05, 0.1) is 23.5 Å². The van der Waals surface area contributed by atoms with Gasteiger partial charge in [0.25, 0.3) is 10.1 Å². The van der Waals surface area contributed by atoms with Gasteiger partial charge in [-0.15, -0.1) is 0 Å². The first-order chi connectivity index (χ1) is 15.1. The molecule has 0 amide bonds. The van der Waals surface area contributed by atoms with Gasteiger partial charge in [-0.25, -0.2) is 0 Å². The molecule has 0 unspecified atom stereocenters. The number of aromatic nitrogens is 4. The molecule has 0 saturated carbocycles. The summed E-state index contributed by atoms with van der Waals surface area (Å²) in [6.07, 6.45) is 1.49. The van der Waals surface area contributed by atoms with Gasteiger partial charge in [0.15, 0.2) is 12.0 Å². The van der Waals surface area contributed by atoms with E-state index < -0.39 is 40.4 Å². The Labute approximate surface area is 216 Å². The Bertz CT molecular complexity index is 1270. The number of nitrogens with zero attached hydrogens (tertiary/aromatic N) is 4. The summed E-state index contributed by atoms with van der Waals surface area (Å²) in [5.74, 6) is -0.696. The van der Waals surface area contributed by atoms with Crippen LogP contribution in [0.25, 0.3) is 11.2 Å². The Morgan fingerprint density at radius 3 is 2.61 bits per heavy atom. The number of imidazole rings is 1. The molecule has 2 N–H and O–H groups in total. The normalized spacial score (nSPS) is 26.3. The summed E-state index contributed by atoms with van der Waals surface area (Å²) in [6, 6.07) is 6.42. The number of ether oxygens (including phenoxy) is 3. The van der Waals surface area contributed by atoms with Gasteiger partial charge in [-0.3, -0.25) is 9.17 Å². The number of hydrogen-bond acceptors (Lipinski definition) is 10. The van der Waals surface area contributed by atoms with E-state index in [0.717, 1.165) is 5.56 Å². The first-order valence-electron chi connectivity index (χ1n) is 9.98. The molecule has 0 spiro atoms. The summed E-state index contributed by atoms with van der Waals surface area (Å²) in [7, 11) is -3.97. The molecule has 1 radical (unpaired) electrons. The Kier molecular flexibility index (Phi) is 6.64. The predicted molar refractivity (Wildman–Crippen MR) is 111 cm³/mol. The smallest absolute Gasteiger partial charge is 0.297 e. The van der Waals surface area contributed by atoms with E-state index in [0.29, 0.717) is 11.2 Å². The quantitative estimate of drug-likeness (QED) is 0.366. The molecule has 13 heteroatoms. The topological polar surface area (TPSA) is 141 Å². The zero-order chi connectivity index (χ0) is 22.7. The number of hydrogen-bond donors (Lipinski definition) is 1. The van der Waals surface area contributed by atoms with Crippen molar-refractivity contribution in [3.8, 4) is 0 Å². The van der Waals surface area contributed by atoms with E-state index in [1.54, 1.807) is 30.5 Å². The fraction of sp³-hybridized carbons (Fsp3) is 0.450. The van der Waals surface area contributed by atoms with Gasteiger partial charge in [0.2, 0.25) is 0 Å². The van der Waals surface area contributed by atoms with Crippen LogP contribution in [-0.2, 0) is 61.2 Å². The Morgan fingerprint density at radius 1 is 1.18 bits per heavy atom. The minimum absolute atomic E-state index is 0. The van der Waals surface area contributed by atoms with E-state index in [9.17, 15) is 8.42 Å². The van der Waals surface area contributed by atoms with Crippen LogP contribution in [-0.4, -0.2) is 58.6 Å². The number of rotatable bonds is 5. The molecule has 3 aromatic rings. The standard InChI is InChI=1S/C20H22N5O6S.Y/c1-11-4-6-12(7-5-11)32(26,27)28-8-13-15-16(31-20(2,3)30-15)19(29-13)25-10-24-14-17(21)22-9-23-18(14)25;/h4-7,10,13,15-16,19H,8H2,1-3H3,(H2,21,22,23);/q-1;/t13-,15-,16-,19-;/m1./s1. The third kappa shape index (κ3) is 4.57. The van der Waals surface area contributed by atoms with Gasteiger partial charge < -0.3 is 34.5 Å². The molecule has 2 aromatic heterocycles. The van der Waals surface area contributed by atoms with Crippen LogP contribution in [0.2, 0.25) is 0 Å². The molecule has 1 aromatic carbocycles. The number of nitrogens with two attached hydrogens (primary N) is 1. The van der Waals surface area contributed by atoms with Crippen LogP contribution >= 0.6 is 0 Å². The van der Waals surface area contributed by atoms with Crippen LogP contribution < -0.4 is 5.73 Å². The van der Waals surface area contributed by atoms with Crippen LogP contribution in [0.1, 0.15) is 25.6 Å². The van der Waals surface area contributed by atoms with Crippen molar-refractivity contribution in [1.82, 2.24) is 19.5 Å². The van der Waals surface area contributed by atoms with Crippen molar-refractivity contribution in [2.24, 2.45) is 0 Å². The van der Waals surface area contributed by atoms with Crippen molar-refractivity contribution < 1.29 is 59.5 Å². The zero-order valence-electron chi connectivity index (χ0n) is 18.2. The maximum Gasteiger partial charge on any atom is 0.297 e. The van der Waals surface area contributed by atoms with Crippen molar-refractivity contribution in [3.63, 3.8) is 0 Å². The van der Waals surface area contributed by atoms with E-state index in [1.807, 2.05) is 6.92 Å². The SMILES string of the molecule is Cc1ccc(S(=O)(=O)OC[C@H]2O[C@@H](n3cnc4c(N)n[c-]nc43)[C@@H]3OC(C)(C)O[C@@H]32)cc1.[Y]. The molecular weight excluding hydrogens is 527 g/mol. The van der Waals surface area contributed by atoms with Crippen molar-refractivity contribution in [2.75, 3.05) is 12.3 Å². The number of nitrogen functional groups attached to an aromatic ring is 1. The van der Waals surface area contributed by atoms with Crippen molar-refractivity contribution in [1.29, 1.82) is 0 Å². The fourth-order valence-corrected chi connectivity index (χ4v) is 4.88. The Hall–Kier alpha value is -1.54. The van der Waals surface area contributed by atoms with Crippen LogP contribution in [0.5, 0.6) is 0 Å². The number of aryl methyl sites for hydroxylation is 1. The maximum atomic E-state index is 12.6. The van der Waals surface area contributed by atoms with Gasteiger partial charge in [-0.1, -0.05) is 17.7 Å². The molecule has 4 heterocycles. The van der Waals surface area contributed by atoms with Crippen molar-refractivity contribution in [2.45, 2.75) is 56.0 Å². The van der Waals surface area contributed by atoms with Crippen LogP contribution in [0.3, 0.4) is 0 Å². The number of benzene rings is 1. The second-order valence-corrected chi connectivity index (χ2v) is 9.83. The molecule has 2 saturated heterocycles. The van der Waals surface area contributed by atoms with E-state index in [4.69, 9.17) is 24.1 Å². The van der Waals surface area contributed by atoms with Gasteiger partial charge in [0.1, 0.15) is 18.3 Å². The summed E-state index contributed by atoms with van der Waals surface area (Å²) in [5, 5.41) is 0. The Morgan fingerprint density at radius 2 is 1.88 bits per heavy atom. The molecule has 0 bridgehead atoms. The monoisotopic (exact) mass is 549 g/mol. The average molecular weight is 549 g/mol. The second-order valence-electron chi connectivity index (χ2n) is 8.21. The molecule has 0 aliphatic carbocycles. The van der Waals surface area contributed by atoms with Crippen LogP contribution in [0.15, 0.2) is 35.5 Å². The minimum Gasteiger partial charge on any atom is -0.433 e. The molecule has 11 nitrogen and oxygen atoms in total. The summed E-state index contributed by atoms with van der Waals surface area (Å²) in [5.41, 5.74) is 7.64. The summed E-state index contributed by atoms with van der Waals surface area (Å²) in [6.45, 7) is 5.19. The molecular formula is C20H22N5O6SY-. The van der Waals surface area contributed by atoms with E-state index in [2.05, 4.69) is 21.3 Å². The van der Waals surface area contributed by atoms with Gasteiger partial charge in [0, 0.05) is 50.4 Å². The van der Waals surface area contributed by atoms with Gasteiger partial charge >= 0.3 is 0 Å². The molecule has 2 fully saturated rings. The molecule has 4 atom stereocenters. The van der Waals surface area contributed by atoms with Crippen LogP contribution in [0, 0.1) is 13.3 Å². The fourth-order valence-electron chi connectivity index (χ4n) is 3.96. The maximum absolute atomic E-state index is 12.6. The molecule has 2 aliphatic heterocycles. The first kappa shape index (κ1) is 24.6. The summed E-state index contributed by atoms with van der Waals surface area (Å²) in [4.78, 5) is 12.3. The molecule has 2 aliphatic rings. The second kappa shape index (κ2) is 8.92. The van der Waals surface area contributed by atoms with Gasteiger partial charge in [-0.2, -0.15) is 8.42 Å². The summed E-state index contributed by atoms with van der Waals surface area (Å²) < 4.78 is 50.5. The van der Waals surface area contributed by atoms with Crippen molar-refractivity contribution >= 4 is 27.1 Å². The first-order valence-corrected chi connectivity index (χ1v) is 11.4. The van der Waals surface area contributed by atoms with Crippen molar-refractivity contribution in [3.05, 3.63) is 42.5 Å². The number of anilines is 1. The predicted octanol–water partition coefficient (Wildman–Crippen LogP) is 1.34. The Balaban J connectivity index is 0.00000259. The molecule has 5 rings (SSSR count). The number of fused-ring (bicyclic) bond motifs is 2. The van der Waals surface area contributed by atoms with Gasteiger partial charge in [-0.05, 0) is 32.9 Å².